The van der Waals surface area contributed by atoms with Crippen molar-refractivity contribution >= 4 is 28.7 Å². The summed E-state index contributed by atoms with van der Waals surface area (Å²) >= 11 is 1.41. The Balaban J connectivity index is 1.25. The second-order valence-corrected chi connectivity index (χ2v) is 9.78. The van der Waals surface area contributed by atoms with Gasteiger partial charge in [-0.1, -0.05) is 49.4 Å². The SMILES string of the molecule is Cc1nc(-c2ccccc2)sc1C(=O)Nc1ccc(-c2ccc(N3CCC(C)CC3)nn2)cc1. The quantitative estimate of drug-likeness (QED) is 0.384. The first-order valence-electron chi connectivity index (χ1n) is 11.6. The molecule has 1 aliphatic rings. The summed E-state index contributed by atoms with van der Waals surface area (Å²) in [5.74, 6) is 1.58. The number of amides is 1. The Morgan fingerprint density at radius 2 is 1.68 bits per heavy atom. The minimum absolute atomic E-state index is 0.148. The number of hydrogen-bond acceptors (Lipinski definition) is 6. The zero-order chi connectivity index (χ0) is 23.5. The Hall–Kier alpha value is -3.58. The van der Waals surface area contributed by atoms with Crippen LogP contribution in [-0.2, 0) is 0 Å². The maximum absolute atomic E-state index is 12.9. The van der Waals surface area contributed by atoms with E-state index in [1.54, 1.807) is 0 Å². The van der Waals surface area contributed by atoms with Crippen LogP contribution in [0.25, 0.3) is 21.8 Å². The summed E-state index contributed by atoms with van der Waals surface area (Å²) in [6, 6.07) is 21.7. The molecule has 2 aromatic carbocycles. The third kappa shape index (κ3) is 4.84. The first-order valence-corrected chi connectivity index (χ1v) is 12.4. The van der Waals surface area contributed by atoms with Crippen molar-refractivity contribution in [1.82, 2.24) is 15.2 Å². The molecular weight excluding hydrogens is 442 g/mol. The van der Waals surface area contributed by atoms with Crippen LogP contribution in [0.15, 0.2) is 66.7 Å². The molecule has 1 amide bonds. The maximum atomic E-state index is 12.9. The Morgan fingerprint density at radius 3 is 2.35 bits per heavy atom. The molecule has 0 saturated carbocycles. The molecule has 0 aliphatic carbocycles. The second-order valence-electron chi connectivity index (χ2n) is 8.78. The third-order valence-corrected chi connectivity index (χ3v) is 7.43. The van der Waals surface area contributed by atoms with Gasteiger partial charge in [0, 0.05) is 29.9 Å². The van der Waals surface area contributed by atoms with Crippen molar-refractivity contribution in [3.05, 3.63) is 77.3 Å². The number of nitrogens with one attached hydrogen (secondary N) is 1. The molecule has 0 unspecified atom stereocenters. The molecule has 172 valence electrons. The van der Waals surface area contributed by atoms with Crippen molar-refractivity contribution in [1.29, 1.82) is 0 Å². The molecule has 3 heterocycles. The van der Waals surface area contributed by atoms with Crippen LogP contribution >= 0.6 is 11.3 Å². The summed E-state index contributed by atoms with van der Waals surface area (Å²) in [7, 11) is 0. The molecule has 1 N–H and O–H groups in total. The predicted molar refractivity (Wildman–Crippen MR) is 138 cm³/mol. The van der Waals surface area contributed by atoms with Crippen LogP contribution in [0.3, 0.4) is 0 Å². The smallest absolute Gasteiger partial charge is 0.267 e. The van der Waals surface area contributed by atoms with Gasteiger partial charge in [-0.25, -0.2) is 4.98 Å². The Kier molecular flexibility index (Phi) is 6.36. The van der Waals surface area contributed by atoms with E-state index in [1.165, 1.54) is 24.2 Å². The molecule has 1 aliphatic heterocycles. The highest BCUT2D eigenvalue weighted by atomic mass is 32.1. The Morgan fingerprint density at radius 1 is 0.941 bits per heavy atom. The van der Waals surface area contributed by atoms with E-state index in [9.17, 15) is 4.79 Å². The third-order valence-electron chi connectivity index (χ3n) is 6.22. The van der Waals surface area contributed by atoms with Gasteiger partial charge in [-0.3, -0.25) is 4.79 Å². The standard InChI is InChI=1S/C27H27N5OS/c1-18-14-16-32(17-15-18)24-13-12-23(30-31-24)20-8-10-22(11-9-20)29-26(33)25-19(2)28-27(34-25)21-6-4-3-5-7-21/h3-13,18H,14-17H2,1-2H3,(H,29,33). The van der Waals surface area contributed by atoms with E-state index >= 15 is 0 Å². The fraction of sp³-hybridized carbons (Fsp3) is 0.259. The van der Waals surface area contributed by atoms with E-state index in [0.29, 0.717) is 4.88 Å². The molecule has 0 bridgehead atoms. The summed E-state index contributed by atoms with van der Waals surface area (Å²) < 4.78 is 0. The minimum atomic E-state index is -0.148. The number of benzene rings is 2. The molecule has 34 heavy (non-hydrogen) atoms. The molecule has 7 heteroatoms. The number of nitrogens with zero attached hydrogens (tertiary/aromatic N) is 4. The monoisotopic (exact) mass is 469 g/mol. The first kappa shape index (κ1) is 22.2. The fourth-order valence-electron chi connectivity index (χ4n) is 4.11. The molecule has 2 aromatic heterocycles. The highest BCUT2D eigenvalue weighted by molar-refractivity contribution is 7.17. The van der Waals surface area contributed by atoms with Crippen molar-refractivity contribution in [2.75, 3.05) is 23.3 Å². The number of carbonyl (C=O) groups excluding carboxylic acids is 1. The van der Waals surface area contributed by atoms with E-state index in [1.807, 2.05) is 73.7 Å². The Bertz CT molecular complexity index is 1260. The lowest BCUT2D eigenvalue weighted by Gasteiger charge is -2.30. The molecule has 5 rings (SSSR count). The average Bonchev–Trinajstić information content (AvgIpc) is 3.27. The van der Waals surface area contributed by atoms with Gasteiger partial charge in [0.1, 0.15) is 9.88 Å². The van der Waals surface area contributed by atoms with Crippen LogP contribution in [0.4, 0.5) is 11.5 Å². The topological polar surface area (TPSA) is 71.0 Å². The normalized spacial score (nSPS) is 14.2. The van der Waals surface area contributed by atoms with Crippen LogP contribution in [0, 0.1) is 12.8 Å². The van der Waals surface area contributed by atoms with Gasteiger partial charge in [0.25, 0.3) is 5.91 Å². The molecular formula is C27H27N5OS. The largest absolute Gasteiger partial charge is 0.355 e. The number of piperidine rings is 1. The lowest BCUT2D eigenvalue weighted by atomic mass is 9.99. The van der Waals surface area contributed by atoms with E-state index in [-0.39, 0.29) is 5.91 Å². The van der Waals surface area contributed by atoms with Crippen LogP contribution in [-0.4, -0.2) is 34.2 Å². The van der Waals surface area contributed by atoms with Gasteiger partial charge in [0.2, 0.25) is 0 Å². The predicted octanol–water partition coefficient (Wildman–Crippen LogP) is 6.06. The summed E-state index contributed by atoms with van der Waals surface area (Å²) in [4.78, 5) is 20.4. The molecule has 0 atom stereocenters. The van der Waals surface area contributed by atoms with E-state index < -0.39 is 0 Å². The number of rotatable bonds is 5. The molecule has 1 saturated heterocycles. The maximum Gasteiger partial charge on any atom is 0.267 e. The summed E-state index contributed by atoms with van der Waals surface area (Å²) in [6.07, 6.45) is 2.40. The summed E-state index contributed by atoms with van der Waals surface area (Å²) in [6.45, 7) is 6.25. The Labute approximate surface area is 203 Å². The van der Waals surface area contributed by atoms with Gasteiger partial charge in [0.15, 0.2) is 5.82 Å². The van der Waals surface area contributed by atoms with Crippen molar-refractivity contribution in [3.8, 4) is 21.8 Å². The van der Waals surface area contributed by atoms with Crippen molar-refractivity contribution in [2.45, 2.75) is 26.7 Å². The summed E-state index contributed by atoms with van der Waals surface area (Å²) in [5, 5.41) is 12.7. The highest BCUT2D eigenvalue weighted by Gasteiger charge is 2.18. The van der Waals surface area contributed by atoms with E-state index in [4.69, 9.17) is 0 Å². The average molecular weight is 470 g/mol. The zero-order valence-corrected chi connectivity index (χ0v) is 20.2. The zero-order valence-electron chi connectivity index (χ0n) is 19.4. The highest BCUT2D eigenvalue weighted by Crippen LogP contribution is 2.29. The lowest BCUT2D eigenvalue weighted by Crippen LogP contribution is -2.33. The van der Waals surface area contributed by atoms with Crippen LogP contribution in [0.1, 0.15) is 35.1 Å². The van der Waals surface area contributed by atoms with Crippen molar-refractivity contribution in [2.24, 2.45) is 5.92 Å². The fourth-order valence-corrected chi connectivity index (χ4v) is 5.08. The summed E-state index contributed by atoms with van der Waals surface area (Å²) in [5.41, 5.74) is 4.26. The van der Waals surface area contributed by atoms with Crippen LogP contribution in [0.2, 0.25) is 0 Å². The minimum Gasteiger partial charge on any atom is -0.355 e. The van der Waals surface area contributed by atoms with E-state index in [0.717, 1.165) is 58.0 Å². The van der Waals surface area contributed by atoms with Crippen molar-refractivity contribution < 1.29 is 4.79 Å². The van der Waals surface area contributed by atoms with Crippen LogP contribution < -0.4 is 10.2 Å². The second kappa shape index (κ2) is 9.73. The number of anilines is 2. The van der Waals surface area contributed by atoms with Gasteiger partial charge < -0.3 is 10.2 Å². The number of carbonyl (C=O) groups is 1. The van der Waals surface area contributed by atoms with Gasteiger partial charge >= 0.3 is 0 Å². The molecule has 1 fully saturated rings. The molecule has 6 nitrogen and oxygen atoms in total. The van der Waals surface area contributed by atoms with E-state index in [2.05, 4.69) is 32.3 Å². The molecule has 0 radical (unpaired) electrons. The molecule has 0 spiro atoms. The number of hydrogen-bond donors (Lipinski definition) is 1. The number of thiazole rings is 1. The molecule has 4 aromatic rings. The van der Waals surface area contributed by atoms with Gasteiger partial charge in [-0.05, 0) is 49.9 Å². The number of aromatic nitrogens is 3. The first-order chi connectivity index (χ1) is 16.6. The van der Waals surface area contributed by atoms with Gasteiger partial charge in [0.05, 0.1) is 11.4 Å². The lowest BCUT2D eigenvalue weighted by molar-refractivity contribution is 0.103. The van der Waals surface area contributed by atoms with Crippen LogP contribution in [0.5, 0.6) is 0 Å². The number of aryl methyl sites for hydroxylation is 1. The van der Waals surface area contributed by atoms with Crippen molar-refractivity contribution in [3.63, 3.8) is 0 Å². The van der Waals surface area contributed by atoms with Gasteiger partial charge in [-0.15, -0.1) is 21.5 Å². The van der Waals surface area contributed by atoms with Gasteiger partial charge in [-0.2, -0.15) is 0 Å².